The number of carbonyl (C=O) groups is 1. The molecule has 4 aliphatic rings. The Balaban J connectivity index is 1.24. The van der Waals surface area contributed by atoms with Crippen molar-refractivity contribution in [3.63, 3.8) is 0 Å². The minimum Gasteiger partial charge on any atom is -0.472 e. The van der Waals surface area contributed by atoms with Gasteiger partial charge in [0, 0.05) is 30.3 Å². The number of ether oxygens (including phenoxy) is 2. The minimum atomic E-state index is 0.0158. The van der Waals surface area contributed by atoms with Crippen molar-refractivity contribution in [3.05, 3.63) is 23.9 Å². The highest BCUT2D eigenvalue weighted by atomic mass is 16.5. The smallest absolute Gasteiger partial charge is 0.251 e. The third-order valence-corrected chi connectivity index (χ3v) is 6.92. The van der Waals surface area contributed by atoms with E-state index in [0.29, 0.717) is 30.0 Å². The molecule has 1 N–H and O–H groups in total. The Kier molecular flexibility index (Phi) is 3.92. The molecule has 3 aliphatic carbocycles. The molecule has 5 heteroatoms. The molecular formula is C20H26N2O3. The zero-order valence-electron chi connectivity index (χ0n) is 14.5. The monoisotopic (exact) mass is 342 g/mol. The number of pyridine rings is 1. The maximum atomic E-state index is 12.7. The summed E-state index contributed by atoms with van der Waals surface area (Å²) >= 11 is 0. The van der Waals surface area contributed by atoms with Gasteiger partial charge in [-0.25, -0.2) is 4.98 Å². The van der Waals surface area contributed by atoms with Crippen molar-refractivity contribution in [3.8, 4) is 5.88 Å². The van der Waals surface area contributed by atoms with Gasteiger partial charge in [-0.1, -0.05) is 6.42 Å². The van der Waals surface area contributed by atoms with Crippen LogP contribution in [0.4, 0.5) is 0 Å². The molecule has 1 aromatic rings. The summed E-state index contributed by atoms with van der Waals surface area (Å²) in [5.74, 6) is 3.90. The summed E-state index contributed by atoms with van der Waals surface area (Å²) in [7, 11) is 0. The molecule has 3 saturated carbocycles. The molecular weight excluding hydrogens is 316 g/mol. The fraction of sp³-hybridized carbons (Fsp3) is 0.700. The number of aromatic nitrogens is 1. The van der Waals surface area contributed by atoms with E-state index in [2.05, 4.69) is 10.3 Å². The predicted octanol–water partition coefficient (Wildman–Crippen LogP) is 2.80. The second kappa shape index (κ2) is 6.27. The third kappa shape index (κ3) is 2.82. The van der Waals surface area contributed by atoms with Gasteiger partial charge < -0.3 is 14.8 Å². The van der Waals surface area contributed by atoms with E-state index in [-0.39, 0.29) is 12.0 Å². The average molecular weight is 342 g/mol. The first kappa shape index (κ1) is 15.6. The molecule has 1 aliphatic heterocycles. The van der Waals surface area contributed by atoms with E-state index in [1.165, 1.54) is 32.1 Å². The van der Waals surface area contributed by atoms with Gasteiger partial charge in [-0.15, -0.1) is 0 Å². The average Bonchev–Trinajstić information content (AvgIpc) is 3.38. The highest BCUT2D eigenvalue weighted by molar-refractivity contribution is 5.94. The quantitative estimate of drug-likeness (QED) is 0.914. The predicted molar refractivity (Wildman–Crippen MR) is 92.4 cm³/mol. The Labute approximate surface area is 148 Å². The van der Waals surface area contributed by atoms with Crippen LogP contribution in [0, 0.1) is 23.7 Å². The molecule has 1 amide bonds. The Morgan fingerprint density at radius 1 is 1.20 bits per heavy atom. The van der Waals surface area contributed by atoms with E-state index >= 15 is 0 Å². The van der Waals surface area contributed by atoms with Gasteiger partial charge >= 0.3 is 0 Å². The van der Waals surface area contributed by atoms with Crippen molar-refractivity contribution in [2.75, 3.05) is 13.2 Å². The molecule has 5 nitrogen and oxygen atoms in total. The van der Waals surface area contributed by atoms with E-state index < -0.39 is 0 Å². The van der Waals surface area contributed by atoms with Crippen LogP contribution >= 0.6 is 0 Å². The zero-order chi connectivity index (χ0) is 16.8. The van der Waals surface area contributed by atoms with Gasteiger partial charge in [0.25, 0.3) is 5.91 Å². The van der Waals surface area contributed by atoms with Crippen molar-refractivity contribution in [2.24, 2.45) is 23.7 Å². The van der Waals surface area contributed by atoms with Gasteiger partial charge in [-0.2, -0.15) is 0 Å². The lowest BCUT2D eigenvalue weighted by Gasteiger charge is -2.32. The van der Waals surface area contributed by atoms with Crippen LogP contribution in [-0.4, -0.2) is 36.3 Å². The molecule has 0 aromatic carbocycles. The van der Waals surface area contributed by atoms with Gasteiger partial charge in [-0.3, -0.25) is 4.79 Å². The first-order valence-corrected chi connectivity index (χ1v) is 9.79. The van der Waals surface area contributed by atoms with Gasteiger partial charge in [-0.05, 0) is 55.4 Å². The minimum absolute atomic E-state index is 0.0158. The van der Waals surface area contributed by atoms with E-state index in [0.717, 1.165) is 30.8 Å². The van der Waals surface area contributed by atoms with E-state index in [1.807, 2.05) is 0 Å². The van der Waals surface area contributed by atoms with Crippen LogP contribution in [0.1, 0.15) is 48.9 Å². The zero-order valence-corrected chi connectivity index (χ0v) is 14.5. The Morgan fingerprint density at radius 3 is 3.00 bits per heavy atom. The van der Waals surface area contributed by atoms with Crippen LogP contribution in [0.5, 0.6) is 5.88 Å². The van der Waals surface area contributed by atoms with Crippen LogP contribution in [0.3, 0.4) is 0 Å². The number of rotatable bonds is 4. The molecule has 6 atom stereocenters. The number of fused-ring (bicyclic) bond motifs is 5. The Bertz CT molecular complexity index is 658. The molecule has 1 aromatic heterocycles. The van der Waals surface area contributed by atoms with Crippen molar-refractivity contribution >= 4 is 5.91 Å². The summed E-state index contributed by atoms with van der Waals surface area (Å²) in [6, 6.07) is 3.90. The largest absolute Gasteiger partial charge is 0.472 e. The lowest BCUT2D eigenvalue weighted by molar-refractivity contribution is 0.0899. The second-order valence-corrected chi connectivity index (χ2v) is 8.22. The lowest BCUT2D eigenvalue weighted by atomic mass is 9.79. The molecule has 5 rings (SSSR count). The first-order chi connectivity index (χ1) is 12.3. The number of carbonyl (C=O) groups excluding carboxylic acids is 1. The summed E-state index contributed by atoms with van der Waals surface area (Å²) in [5.41, 5.74) is 0.648. The van der Waals surface area contributed by atoms with Gasteiger partial charge in [0.15, 0.2) is 0 Å². The maximum Gasteiger partial charge on any atom is 0.251 e. The van der Waals surface area contributed by atoms with E-state index in [9.17, 15) is 4.79 Å². The molecule has 134 valence electrons. The summed E-state index contributed by atoms with van der Waals surface area (Å²) in [5, 5.41) is 3.31. The fourth-order valence-corrected chi connectivity index (χ4v) is 5.88. The SMILES string of the molecule is O=C(NC1CC2CC1C1CCCC21)c1ccnc(OC2CCOC2)c1. The van der Waals surface area contributed by atoms with Crippen LogP contribution < -0.4 is 10.1 Å². The van der Waals surface area contributed by atoms with Crippen molar-refractivity contribution in [1.82, 2.24) is 10.3 Å². The first-order valence-electron chi connectivity index (χ1n) is 9.79. The van der Waals surface area contributed by atoms with Crippen LogP contribution in [-0.2, 0) is 4.74 Å². The van der Waals surface area contributed by atoms with Crippen molar-refractivity contribution in [1.29, 1.82) is 0 Å². The molecule has 0 spiro atoms. The second-order valence-electron chi connectivity index (χ2n) is 8.22. The van der Waals surface area contributed by atoms with E-state index in [1.54, 1.807) is 18.3 Å². The maximum absolute atomic E-state index is 12.7. The normalized spacial score (nSPS) is 38.7. The summed E-state index contributed by atoms with van der Waals surface area (Å²) in [6.07, 6.45) is 9.27. The number of amides is 1. The van der Waals surface area contributed by atoms with Gasteiger partial charge in [0.05, 0.1) is 13.2 Å². The summed E-state index contributed by atoms with van der Waals surface area (Å²) < 4.78 is 11.2. The third-order valence-electron chi connectivity index (χ3n) is 6.92. The number of nitrogens with one attached hydrogen (secondary N) is 1. The number of nitrogens with zero attached hydrogens (tertiary/aromatic N) is 1. The summed E-state index contributed by atoms with van der Waals surface area (Å²) in [4.78, 5) is 17.0. The molecule has 25 heavy (non-hydrogen) atoms. The molecule has 2 heterocycles. The molecule has 6 unspecified atom stereocenters. The standard InChI is InChI=1S/C20H26N2O3/c23-20(12-4-6-21-19(10-12)25-14-5-7-24-11-14)22-18-9-13-8-17(18)16-3-1-2-15(13)16/h4,6,10,13-18H,1-3,5,7-9,11H2,(H,22,23). The fourth-order valence-electron chi connectivity index (χ4n) is 5.88. The molecule has 2 bridgehead atoms. The topological polar surface area (TPSA) is 60.5 Å². The van der Waals surface area contributed by atoms with Crippen molar-refractivity contribution < 1.29 is 14.3 Å². The van der Waals surface area contributed by atoms with Crippen LogP contribution in [0.2, 0.25) is 0 Å². The molecule has 4 fully saturated rings. The summed E-state index contributed by atoms with van der Waals surface area (Å²) in [6.45, 7) is 1.34. The highest BCUT2D eigenvalue weighted by Crippen LogP contribution is 2.58. The van der Waals surface area contributed by atoms with Crippen molar-refractivity contribution in [2.45, 2.75) is 50.7 Å². The molecule has 1 saturated heterocycles. The highest BCUT2D eigenvalue weighted by Gasteiger charge is 2.54. The molecule has 0 radical (unpaired) electrons. The number of hydrogen-bond donors (Lipinski definition) is 1. The van der Waals surface area contributed by atoms with E-state index in [4.69, 9.17) is 9.47 Å². The number of hydrogen-bond acceptors (Lipinski definition) is 4. The Hall–Kier alpha value is -1.62. The lowest BCUT2D eigenvalue weighted by Crippen LogP contribution is -2.42. The Morgan fingerprint density at radius 2 is 2.12 bits per heavy atom. The van der Waals surface area contributed by atoms with Gasteiger partial charge in [0.1, 0.15) is 6.10 Å². The van der Waals surface area contributed by atoms with Crippen LogP contribution in [0.25, 0.3) is 0 Å². The van der Waals surface area contributed by atoms with Gasteiger partial charge in [0.2, 0.25) is 5.88 Å². The van der Waals surface area contributed by atoms with Crippen LogP contribution in [0.15, 0.2) is 18.3 Å².